The van der Waals surface area contributed by atoms with Gasteiger partial charge < -0.3 is 19.5 Å². The van der Waals surface area contributed by atoms with E-state index in [9.17, 15) is 13.6 Å². The van der Waals surface area contributed by atoms with E-state index < -0.39 is 17.7 Å². The maximum absolute atomic E-state index is 13.2. The van der Waals surface area contributed by atoms with Crippen LogP contribution in [-0.4, -0.2) is 31.8 Å². The van der Waals surface area contributed by atoms with Gasteiger partial charge in [-0.05, 0) is 57.0 Å². The molecule has 1 amide bonds. The monoisotopic (exact) mass is 393 g/mol. The molecule has 0 fully saturated rings. The molecular formula is C21H25F2NO4. The predicted octanol–water partition coefficient (Wildman–Crippen LogP) is 3.89. The molecule has 28 heavy (non-hydrogen) atoms. The van der Waals surface area contributed by atoms with E-state index >= 15 is 0 Å². The fraction of sp³-hybridized carbons (Fsp3) is 0.381. The highest BCUT2D eigenvalue weighted by molar-refractivity contribution is 5.80. The zero-order chi connectivity index (χ0) is 20.5. The number of nitrogens with one attached hydrogen (secondary N) is 1. The van der Waals surface area contributed by atoms with Crippen molar-refractivity contribution in [2.45, 2.75) is 33.3 Å². The van der Waals surface area contributed by atoms with E-state index in [0.29, 0.717) is 37.7 Å². The smallest absolute Gasteiger partial charge is 0.260 e. The lowest BCUT2D eigenvalue weighted by Crippen LogP contribution is -2.37. The van der Waals surface area contributed by atoms with Crippen LogP contribution in [-0.2, 0) is 11.2 Å². The minimum absolute atomic E-state index is 0.0921. The van der Waals surface area contributed by atoms with E-state index in [0.717, 1.165) is 17.7 Å². The first-order valence-corrected chi connectivity index (χ1v) is 9.22. The van der Waals surface area contributed by atoms with E-state index in [2.05, 4.69) is 5.32 Å². The van der Waals surface area contributed by atoms with Crippen molar-refractivity contribution in [3.8, 4) is 17.2 Å². The third-order valence-electron chi connectivity index (χ3n) is 3.89. The van der Waals surface area contributed by atoms with Gasteiger partial charge in [0, 0.05) is 12.6 Å². The van der Waals surface area contributed by atoms with Crippen LogP contribution >= 0.6 is 0 Å². The number of rotatable bonds is 10. The second-order valence-corrected chi connectivity index (χ2v) is 6.02. The number of hydrogen-bond donors (Lipinski definition) is 1. The molecule has 0 bridgehead atoms. The van der Waals surface area contributed by atoms with Gasteiger partial charge in [-0.1, -0.05) is 6.07 Å². The fourth-order valence-electron chi connectivity index (χ4n) is 2.53. The number of halogens is 2. The number of carbonyl (C=O) groups is 1. The molecule has 0 radical (unpaired) electrons. The van der Waals surface area contributed by atoms with E-state index in [1.54, 1.807) is 6.92 Å². The van der Waals surface area contributed by atoms with Crippen molar-refractivity contribution in [1.82, 2.24) is 5.32 Å². The molecule has 2 aromatic rings. The van der Waals surface area contributed by atoms with Crippen LogP contribution in [0.2, 0.25) is 0 Å². The van der Waals surface area contributed by atoms with Crippen molar-refractivity contribution < 1.29 is 27.8 Å². The Hall–Kier alpha value is -2.83. The molecule has 0 aliphatic heterocycles. The first-order valence-electron chi connectivity index (χ1n) is 9.22. The van der Waals surface area contributed by atoms with Crippen LogP contribution < -0.4 is 19.5 Å². The molecule has 5 nitrogen and oxygen atoms in total. The fourth-order valence-corrected chi connectivity index (χ4v) is 2.53. The highest BCUT2D eigenvalue weighted by Gasteiger charge is 2.15. The molecule has 0 aliphatic rings. The van der Waals surface area contributed by atoms with E-state index in [-0.39, 0.29) is 11.7 Å². The van der Waals surface area contributed by atoms with Gasteiger partial charge in [-0.2, -0.15) is 0 Å². The predicted molar refractivity (Wildman–Crippen MR) is 102 cm³/mol. The van der Waals surface area contributed by atoms with Gasteiger partial charge in [0.1, 0.15) is 5.75 Å². The second kappa shape index (κ2) is 10.5. The largest absolute Gasteiger partial charge is 0.490 e. The third kappa shape index (κ3) is 6.11. The molecule has 1 N–H and O–H groups in total. The van der Waals surface area contributed by atoms with Crippen LogP contribution in [0.15, 0.2) is 36.4 Å². The first-order chi connectivity index (χ1) is 13.4. The third-order valence-corrected chi connectivity index (χ3v) is 3.89. The van der Waals surface area contributed by atoms with Gasteiger partial charge in [0.05, 0.1) is 13.2 Å². The van der Waals surface area contributed by atoms with E-state index in [1.165, 1.54) is 6.07 Å². The van der Waals surface area contributed by atoms with Crippen LogP contribution in [0.1, 0.15) is 26.3 Å². The average Bonchev–Trinajstić information content (AvgIpc) is 2.67. The summed E-state index contributed by atoms with van der Waals surface area (Å²) in [5.74, 6) is -0.888. The van der Waals surface area contributed by atoms with Crippen LogP contribution in [0.5, 0.6) is 17.2 Å². The van der Waals surface area contributed by atoms with E-state index in [4.69, 9.17) is 14.2 Å². The molecule has 0 spiro atoms. The van der Waals surface area contributed by atoms with Crippen LogP contribution in [0.3, 0.4) is 0 Å². The Labute approximate surface area is 163 Å². The van der Waals surface area contributed by atoms with Gasteiger partial charge in [-0.15, -0.1) is 0 Å². The Kier molecular flexibility index (Phi) is 8.04. The summed E-state index contributed by atoms with van der Waals surface area (Å²) in [5, 5.41) is 2.76. The molecule has 2 aromatic carbocycles. The minimum Gasteiger partial charge on any atom is -0.490 e. The first kappa shape index (κ1) is 21.5. The molecule has 0 saturated heterocycles. The van der Waals surface area contributed by atoms with Gasteiger partial charge >= 0.3 is 0 Å². The lowest BCUT2D eigenvalue weighted by Gasteiger charge is -2.15. The Morgan fingerprint density at radius 3 is 2.39 bits per heavy atom. The number of amides is 1. The zero-order valence-electron chi connectivity index (χ0n) is 16.3. The maximum atomic E-state index is 13.2. The van der Waals surface area contributed by atoms with Crippen molar-refractivity contribution >= 4 is 5.91 Å². The SMILES string of the molecule is CCOc1ccc(CCNC(=O)C(C)Oc2ccc(F)c(F)c2)cc1OCC. The molecule has 7 heteroatoms. The lowest BCUT2D eigenvalue weighted by molar-refractivity contribution is -0.127. The summed E-state index contributed by atoms with van der Waals surface area (Å²) in [6.07, 6.45) is -0.250. The summed E-state index contributed by atoms with van der Waals surface area (Å²) in [7, 11) is 0. The lowest BCUT2D eigenvalue weighted by atomic mass is 10.1. The van der Waals surface area contributed by atoms with Crippen molar-refractivity contribution in [3.63, 3.8) is 0 Å². The van der Waals surface area contributed by atoms with Crippen molar-refractivity contribution in [1.29, 1.82) is 0 Å². The summed E-state index contributed by atoms with van der Waals surface area (Å²) in [4.78, 5) is 12.1. The number of benzene rings is 2. The Bertz CT molecular complexity index is 798. The van der Waals surface area contributed by atoms with Gasteiger partial charge in [0.15, 0.2) is 29.2 Å². The van der Waals surface area contributed by atoms with E-state index in [1.807, 2.05) is 32.0 Å². The number of hydrogen-bond acceptors (Lipinski definition) is 4. The normalized spacial score (nSPS) is 11.6. The van der Waals surface area contributed by atoms with Gasteiger partial charge in [0.2, 0.25) is 0 Å². The Balaban J connectivity index is 1.86. The highest BCUT2D eigenvalue weighted by Crippen LogP contribution is 2.28. The quantitative estimate of drug-likeness (QED) is 0.665. The molecule has 1 atom stereocenters. The van der Waals surface area contributed by atoms with Crippen LogP contribution in [0.4, 0.5) is 8.78 Å². The van der Waals surface area contributed by atoms with Crippen molar-refractivity contribution in [2.24, 2.45) is 0 Å². The average molecular weight is 393 g/mol. The highest BCUT2D eigenvalue weighted by atomic mass is 19.2. The summed E-state index contributed by atoms with van der Waals surface area (Å²) in [5.41, 5.74) is 0.987. The van der Waals surface area contributed by atoms with Crippen LogP contribution in [0.25, 0.3) is 0 Å². The summed E-state index contributed by atoms with van der Waals surface area (Å²) < 4.78 is 42.6. The second-order valence-electron chi connectivity index (χ2n) is 6.02. The molecule has 2 rings (SSSR count). The summed E-state index contributed by atoms with van der Waals surface area (Å²) in [6.45, 7) is 6.81. The molecule has 0 aliphatic carbocycles. The Morgan fingerprint density at radius 1 is 1.00 bits per heavy atom. The molecule has 0 heterocycles. The molecule has 152 valence electrons. The molecule has 0 aromatic heterocycles. The number of ether oxygens (including phenoxy) is 3. The van der Waals surface area contributed by atoms with Crippen molar-refractivity contribution in [3.05, 3.63) is 53.6 Å². The van der Waals surface area contributed by atoms with Gasteiger partial charge in [0.25, 0.3) is 5.91 Å². The maximum Gasteiger partial charge on any atom is 0.260 e. The molecule has 1 unspecified atom stereocenters. The molecular weight excluding hydrogens is 368 g/mol. The van der Waals surface area contributed by atoms with Gasteiger partial charge in [-0.25, -0.2) is 8.78 Å². The Morgan fingerprint density at radius 2 is 1.71 bits per heavy atom. The van der Waals surface area contributed by atoms with Crippen molar-refractivity contribution in [2.75, 3.05) is 19.8 Å². The summed E-state index contributed by atoms with van der Waals surface area (Å²) in [6, 6.07) is 8.80. The topological polar surface area (TPSA) is 56.8 Å². The van der Waals surface area contributed by atoms with Gasteiger partial charge in [-0.3, -0.25) is 4.79 Å². The zero-order valence-corrected chi connectivity index (χ0v) is 16.3. The standard InChI is InChI=1S/C21H25F2NO4/c1-4-26-19-9-6-15(12-20(19)27-5-2)10-11-24-21(25)14(3)28-16-7-8-17(22)18(23)13-16/h6-9,12-14H,4-5,10-11H2,1-3H3,(H,24,25). The summed E-state index contributed by atoms with van der Waals surface area (Å²) >= 11 is 0. The minimum atomic E-state index is -1.02. The molecule has 0 saturated carbocycles. The number of carbonyl (C=O) groups excluding carboxylic acids is 1. The van der Waals surface area contributed by atoms with Crippen LogP contribution in [0, 0.1) is 11.6 Å².